The van der Waals surface area contributed by atoms with E-state index in [1.807, 2.05) is 36.7 Å². The molecule has 3 aromatic rings. The van der Waals surface area contributed by atoms with Crippen LogP contribution in [0.25, 0.3) is 10.2 Å². The number of benzene rings is 1. The number of aromatic nitrogens is 2. The Kier molecular flexibility index (Phi) is 5.30. The van der Waals surface area contributed by atoms with Gasteiger partial charge in [-0.15, -0.1) is 11.3 Å². The minimum absolute atomic E-state index is 0.362. The van der Waals surface area contributed by atoms with Gasteiger partial charge >= 0.3 is 6.03 Å². The minimum atomic E-state index is -1.19. The van der Waals surface area contributed by atoms with Gasteiger partial charge in [-0.3, -0.25) is 19.7 Å². The van der Waals surface area contributed by atoms with E-state index in [-0.39, 0.29) is 0 Å². The van der Waals surface area contributed by atoms with Gasteiger partial charge in [0.1, 0.15) is 10.4 Å². The zero-order valence-electron chi connectivity index (χ0n) is 17.9. The summed E-state index contributed by atoms with van der Waals surface area (Å²) in [4.78, 5) is 40.1. The van der Waals surface area contributed by atoms with Crippen LogP contribution >= 0.6 is 11.3 Å². The van der Waals surface area contributed by atoms with E-state index < -0.39 is 23.4 Å². The number of hydrogen-bond acceptors (Lipinski definition) is 5. The number of rotatable bonds is 6. The predicted octanol–water partition coefficient (Wildman–Crippen LogP) is 3.56. The molecule has 0 bridgehead atoms. The fourth-order valence-corrected chi connectivity index (χ4v) is 4.95. The van der Waals surface area contributed by atoms with Gasteiger partial charge in [0.15, 0.2) is 0 Å². The van der Waals surface area contributed by atoms with Crippen LogP contribution in [0, 0.1) is 12.8 Å². The first-order valence-corrected chi connectivity index (χ1v) is 11.1. The number of carbonyl (C=O) groups excluding carboxylic acids is 3. The van der Waals surface area contributed by atoms with E-state index in [9.17, 15) is 14.4 Å². The largest absolute Gasteiger partial charge is 0.344 e. The first-order valence-electron chi connectivity index (χ1n) is 10.3. The van der Waals surface area contributed by atoms with Crippen LogP contribution in [-0.4, -0.2) is 32.6 Å². The first kappa shape index (κ1) is 21.0. The number of hydrogen-bond donors (Lipinski definition) is 2. The molecular weight excluding hydrogens is 414 g/mol. The van der Waals surface area contributed by atoms with E-state index in [0.717, 1.165) is 27.5 Å². The Bertz CT molecular complexity index is 1170. The molecule has 2 N–H and O–H groups in total. The van der Waals surface area contributed by atoms with Gasteiger partial charge in [0.2, 0.25) is 0 Å². The monoisotopic (exact) mass is 439 g/mol. The molecule has 4 rings (SSSR count). The molecule has 1 unspecified atom stereocenters. The maximum Gasteiger partial charge on any atom is 0.344 e. The Balaban J connectivity index is 1.60. The zero-order chi connectivity index (χ0) is 22.3. The summed E-state index contributed by atoms with van der Waals surface area (Å²) < 4.78 is 1.90. The van der Waals surface area contributed by atoms with Gasteiger partial charge in [-0.2, -0.15) is 10.1 Å². The van der Waals surface area contributed by atoms with E-state index in [2.05, 4.69) is 29.7 Å². The van der Waals surface area contributed by atoms with Crippen molar-refractivity contribution in [2.45, 2.75) is 46.2 Å². The first-order chi connectivity index (χ1) is 14.8. The highest BCUT2D eigenvalue weighted by Gasteiger charge is 2.52. The molecule has 3 heterocycles. The van der Waals surface area contributed by atoms with Gasteiger partial charge in [-0.05, 0) is 30.9 Å². The summed E-state index contributed by atoms with van der Waals surface area (Å²) in [6.07, 6.45) is 0.362. The van der Waals surface area contributed by atoms with Gasteiger partial charge in [0.25, 0.3) is 11.8 Å². The molecular formula is C22H25N5O3S. The second kappa shape index (κ2) is 7.81. The van der Waals surface area contributed by atoms with Gasteiger partial charge in [0.05, 0.1) is 10.6 Å². The van der Waals surface area contributed by atoms with Crippen LogP contribution < -0.4 is 10.7 Å². The van der Waals surface area contributed by atoms with Gasteiger partial charge in [0, 0.05) is 11.9 Å². The highest BCUT2D eigenvalue weighted by molar-refractivity contribution is 7.20. The zero-order valence-corrected chi connectivity index (χ0v) is 18.7. The molecule has 0 saturated carbocycles. The fourth-order valence-electron chi connectivity index (χ4n) is 3.89. The van der Waals surface area contributed by atoms with Crippen LogP contribution in [0.1, 0.15) is 48.1 Å². The van der Waals surface area contributed by atoms with Gasteiger partial charge < -0.3 is 5.32 Å². The number of urea groups is 1. The number of imide groups is 1. The smallest absolute Gasteiger partial charge is 0.318 e. The Hall–Kier alpha value is -3.20. The number of aryl methyl sites for hydroxylation is 1. The average molecular weight is 440 g/mol. The molecule has 1 aromatic carbocycles. The molecule has 9 heteroatoms. The van der Waals surface area contributed by atoms with Crippen molar-refractivity contribution in [3.63, 3.8) is 0 Å². The van der Waals surface area contributed by atoms with Crippen molar-refractivity contribution >= 4 is 39.4 Å². The third-order valence-corrected chi connectivity index (χ3v) is 6.62. The lowest BCUT2D eigenvalue weighted by atomic mass is 9.87. The van der Waals surface area contributed by atoms with Crippen LogP contribution in [0.3, 0.4) is 0 Å². The van der Waals surface area contributed by atoms with Gasteiger partial charge in [-0.1, -0.05) is 51.1 Å². The second-order valence-corrected chi connectivity index (χ2v) is 9.16. The molecule has 1 fully saturated rings. The van der Waals surface area contributed by atoms with Crippen LogP contribution in [-0.2, 0) is 16.9 Å². The van der Waals surface area contributed by atoms with Crippen molar-refractivity contribution in [1.29, 1.82) is 0 Å². The summed E-state index contributed by atoms with van der Waals surface area (Å²) in [7, 11) is 0. The molecule has 8 nitrogen and oxygen atoms in total. The summed E-state index contributed by atoms with van der Waals surface area (Å²) in [6, 6.07) is 10.2. The minimum Gasteiger partial charge on any atom is -0.318 e. The Morgan fingerprint density at radius 3 is 2.61 bits per heavy atom. The van der Waals surface area contributed by atoms with Crippen LogP contribution in [0.15, 0.2) is 36.4 Å². The molecule has 162 valence electrons. The summed E-state index contributed by atoms with van der Waals surface area (Å²) in [6.45, 7) is 8.68. The maximum absolute atomic E-state index is 13.2. The number of carbonyl (C=O) groups is 3. The second-order valence-electron chi connectivity index (χ2n) is 8.13. The lowest BCUT2D eigenvalue weighted by Gasteiger charge is -2.25. The topological polar surface area (TPSA) is 96.3 Å². The molecule has 0 radical (unpaired) electrons. The Labute approximate surface area is 184 Å². The third kappa shape index (κ3) is 3.48. The highest BCUT2D eigenvalue weighted by atomic mass is 32.1. The SMILES string of the molecule is CCC1(c2ccccc2)NC(=O)N(NC(=O)c2cc3c(C)nn(CC(C)C)c3s2)C1=O. The lowest BCUT2D eigenvalue weighted by Crippen LogP contribution is -2.48. The van der Waals surface area contributed by atoms with E-state index in [0.29, 0.717) is 22.8 Å². The molecule has 1 saturated heterocycles. The summed E-state index contributed by atoms with van der Waals surface area (Å²) >= 11 is 1.30. The Morgan fingerprint density at radius 2 is 1.97 bits per heavy atom. The number of thiophene rings is 1. The van der Waals surface area contributed by atoms with Crippen molar-refractivity contribution in [2.24, 2.45) is 5.92 Å². The number of nitrogens with zero attached hydrogens (tertiary/aromatic N) is 3. The summed E-state index contributed by atoms with van der Waals surface area (Å²) in [5, 5.41) is 9.00. The highest BCUT2D eigenvalue weighted by Crippen LogP contribution is 2.32. The molecule has 0 spiro atoms. The van der Waals surface area contributed by atoms with E-state index >= 15 is 0 Å². The molecule has 1 aliphatic rings. The molecule has 4 amide bonds. The quantitative estimate of drug-likeness (QED) is 0.574. The van der Waals surface area contributed by atoms with Crippen LogP contribution in [0.2, 0.25) is 0 Å². The van der Waals surface area contributed by atoms with Gasteiger partial charge in [-0.25, -0.2) is 4.79 Å². The number of fused-ring (bicyclic) bond motifs is 1. The van der Waals surface area contributed by atoms with Crippen LogP contribution in [0.4, 0.5) is 4.79 Å². The number of nitrogens with one attached hydrogen (secondary N) is 2. The number of amides is 4. The van der Waals surface area contributed by atoms with Crippen molar-refractivity contribution in [1.82, 2.24) is 25.5 Å². The van der Waals surface area contributed by atoms with Crippen molar-refractivity contribution in [3.05, 3.63) is 52.5 Å². The van der Waals surface area contributed by atoms with E-state index in [1.165, 1.54) is 11.3 Å². The molecule has 1 aliphatic heterocycles. The number of hydrazine groups is 1. The van der Waals surface area contributed by atoms with Crippen LogP contribution in [0.5, 0.6) is 0 Å². The lowest BCUT2D eigenvalue weighted by molar-refractivity contribution is -0.133. The normalized spacial score (nSPS) is 18.8. The van der Waals surface area contributed by atoms with Crippen molar-refractivity contribution < 1.29 is 14.4 Å². The van der Waals surface area contributed by atoms with Crippen molar-refractivity contribution in [3.8, 4) is 0 Å². The summed E-state index contributed by atoms with van der Waals surface area (Å²) in [5.41, 5.74) is 2.83. The standard InChI is InChI=1S/C22H25N5O3S/c1-5-22(15-9-7-6-8-10-15)20(29)27(21(30)23-22)25-18(28)17-11-16-14(4)24-26(12-13(2)3)19(16)31-17/h6-11,13H,5,12H2,1-4H3,(H,23,30)(H,25,28). The van der Waals surface area contributed by atoms with E-state index in [4.69, 9.17) is 0 Å². The molecule has 2 aromatic heterocycles. The fraction of sp³-hybridized carbons (Fsp3) is 0.364. The molecule has 0 aliphatic carbocycles. The van der Waals surface area contributed by atoms with E-state index in [1.54, 1.807) is 18.2 Å². The summed E-state index contributed by atoms with van der Waals surface area (Å²) in [5.74, 6) is -0.587. The molecule has 31 heavy (non-hydrogen) atoms. The Morgan fingerprint density at radius 1 is 1.26 bits per heavy atom. The third-order valence-electron chi connectivity index (χ3n) is 5.47. The average Bonchev–Trinajstić information content (AvgIpc) is 3.37. The van der Waals surface area contributed by atoms with Crippen molar-refractivity contribution in [2.75, 3.05) is 0 Å². The maximum atomic E-state index is 13.2. The molecule has 1 atom stereocenters. The predicted molar refractivity (Wildman–Crippen MR) is 118 cm³/mol.